The first kappa shape index (κ1) is 11.6. The van der Waals surface area contributed by atoms with Crippen molar-refractivity contribution < 1.29 is 4.79 Å². The maximum Gasteiger partial charge on any atom is 0.132 e. The quantitative estimate of drug-likeness (QED) is 0.638. The van der Waals surface area contributed by atoms with Gasteiger partial charge in [-0.1, -0.05) is 13.3 Å². The average Bonchev–Trinajstić information content (AvgIpc) is 2.00. The van der Waals surface area contributed by atoms with Gasteiger partial charge in [-0.3, -0.25) is 4.79 Å². The van der Waals surface area contributed by atoms with Crippen LogP contribution in [0.25, 0.3) is 0 Å². The van der Waals surface area contributed by atoms with Crippen LogP contribution in [-0.2, 0) is 4.79 Å². The average molecular weight is 171 g/mol. The molecule has 0 aliphatic carbocycles. The first-order chi connectivity index (χ1) is 5.66. The highest BCUT2D eigenvalue weighted by Gasteiger charge is 2.01. The first-order valence-corrected chi connectivity index (χ1v) is 4.94. The minimum atomic E-state index is 0.240. The second-order valence-electron chi connectivity index (χ2n) is 3.51. The van der Waals surface area contributed by atoms with Gasteiger partial charge >= 0.3 is 0 Å². The molecule has 1 unspecified atom stereocenters. The van der Waals surface area contributed by atoms with Gasteiger partial charge in [-0.15, -0.1) is 0 Å². The van der Waals surface area contributed by atoms with E-state index in [1.165, 1.54) is 0 Å². The Morgan fingerprint density at radius 2 is 1.92 bits per heavy atom. The third-order valence-electron chi connectivity index (χ3n) is 1.92. The standard InChI is InChI=1S/C10H21NO/c1-3-4-7-10(12)8-5-6-9(2)11/h9H,3-8,11H2,1-2H3. The van der Waals surface area contributed by atoms with Crippen LogP contribution in [0.2, 0.25) is 0 Å². The highest BCUT2D eigenvalue weighted by atomic mass is 16.1. The minimum Gasteiger partial charge on any atom is -0.328 e. The van der Waals surface area contributed by atoms with Crippen molar-refractivity contribution in [3.8, 4) is 0 Å². The van der Waals surface area contributed by atoms with Crippen molar-refractivity contribution >= 4 is 5.78 Å². The van der Waals surface area contributed by atoms with Crippen molar-refractivity contribution in [1.82, 2.24) is 0 Å². The van der Waals surface area contributed by atoms with Gasteiger partial charge in [0.05, 0.1) is 0 Å². The molecular weight excluding hydrogens is 150 g/mol. The van der Waals surface area contributed by atoms with Crippen molar-refractivity contribution in [3.63, 3.8) is 0 Å². The SMILES string of the molecule is CCCCC(=O)CCCC(C)N. The number of hydrogen-bond acceptors (Lipinski definition) is 2. The molecule has 12 heavy (non-hydrogen) atoms. The predicted octanol–water partition coefficient (Wildman–Crippen LogP) is 2.26. The summed E-state index contributed by atoms with van der Waals surface area (Å²) in [6, 6.07) is 0.240. The Bertz CT molecular complexity index is 121. The van der Waals surface area contributed by atoms with Crippen LogP contribution in [-0.4, -0.2) is 11.8 Å². The van der Waals surface area contributed by atoms with Crippen LogP contribution in [0.3, 0.4) is 0 Å². The van der Waals surface area contributed by atoms with Crippen molar-refractivity contribution in [3.05, 3.63) is 0 Å². The number of ketones is 1. The van der Waals surface area contributed by atoms with E-state index in [4.69, 9.17) is 5.73 Å². The third kappa shape index (κ3) is 7.73. The molecule has 0 rings (SSSR count). The predicted molar refractivity (Wildman–Crippen MR) is 52.0 cm³/mol. The van der Waals surface area contributed by atoms with Crippen LogP contribution in [0.4, 0.5) is 0 Å². The van der Waals surface area contributed by atoms with E-state index >= 15 is 0 Å². The van der Waals surface area contributed by atoms with Gasteiger partial charge in [0.2, 0.25) is 0 Å². The highest BCUT2D eigenvalue weighted by molar-refractivity contribution is 5.78. The van der Waals surface area contributed by atoms with Gasteiger partial charge in [0.25, 0.3) is 0 Å². The molecule has 2 N–H and O–H groups in total. The van der Waals surface area contributed by atoms with E-state index in [2.05, 4.69) is 6.92 Å². The van der Waals surface area contributed by atoms with Crippen LogP contribution in [0, 0.1) is 0 Å². The number of rotatable bonds is 7. The van der Waals surface area contributed by atoms with Crippen molar-refractivity contribution in [2.45, 2.75) is 58.4 Å². The second-order valence-corrected chi connectivity index (χ2v) is 3.51. The first-order valence-electron chi connectivity index (χ1n) is 4.94. The van der Waals surface area contributed by atoms with Crippen LogP contribution >= 0.6 is 0 Å². The molecule has 0 amide bonds. The summed E-state index contributed by atoms with van der Waals surface area (Å²) in [7, 11) is 0. The number of carbonyl (C=O) groups is 1. The maximum atomic E-state index is 11.1. The zero-order valence-corrected chi connectivity index (χ0v) is 8.31. The molecule has 0 aliphatic heterocycles. The van der Waals surface area contributed by atoms with E-state index in [9.17, 15) is 4.79 Å². The van der Waals surface area contributed by atoms with Crippen molar-refractivity contribution in [2.75, 3.05) is 0 Å². The van der Waals surface area contributed by atoms with E-state index in [0.717, 1.165) is 38.5 Å². The molecule has 72 valence electrons. The molecule has 2 nitrogen and oxygen atoms in total. The van der Waals surface area contributed by atoms with Gasteiger partial charge in [0, 0.05) is 18.9 Å². The van der Waals surface area contributed by atoms with Gasteiger partial charge in [-0.05, 0) is 26.2 Å². The number of Topliss-reactive ketones (excluding diaryl/α,β-unsaturated/α-hetero) is 1. The lowest BCUT2D eigenvalue weighted by molar-refractivity contribution is -0.119. The molecule has 0 aliphatic rings. The fraction of sp³-hybridized carbons (Fsp3) is 0.900. The normalized spacial score (nSPS) is 12.9. The number of hydrogen-bond donors (Lipinski definition) is 1. The zero-order chi connectivity index (χ0) is 9.40. The summed E-state index contributed by atoms with van der Waals surface area (Å²) in [6.07, 6.45) is 5.56. The van der Waals surface area contributed by atoms with Crippen LogP contribution in [0.15, 0.2) is 0 Å². The molecule has 0 radical (unpaired) electrons. The molecule has 0 saturated heterocycles. The Morgan fingerprint density at radius 1 is 1.33 bits per heavy atom. The lowest BCUT2D eigenvalue weighted by atomic mass is 10.1. The van der Waals surface area contributed by atoms with Crippen molar-refractivity contribution in [1.29, 1.82) is 0 Å². The van der Waals surface area contributed by atoms with E-state index in [0.29, 0.717) is 5.78 Å². The van der Waals surface area contributed by atoms with Gasteiger partial charge in [-0.25, -0.2) is 0 Å². The Hall–Kier alpha value is -0.370. The monoisotopic (exact) mass is 171 g/mol. The Balaban J connectivity index is 3.20. The Morgan fingerprint density at radius 3 is 2.42 bits per heavy atom. The molecule has 0 spiro atoms. The zero-order valence-electron chi connectivity index (χ0n) is 8.31. The molecule has 1 atom stereocenters. The maximum absolute atomic E-state index is 11.1. The topological polar surface area (TPSA) is 43.1 Å². The van der Waals surface area contributed by atoms with Gasteiger partial charge < -0.3 is 5.73 Å². The third-order valence-corrected chi connectivity index (χ3v) is 1.92. The van der Waals surface area contributed by atoms with Gasteiger partial charge in [0.1, 0.15) is 5.78 Å². The molecule has 0 fully saturated rings. The molecule has 0 aromatic carbocycles. The summed E-state index contributed by atoms with van der Waals surface area (Å²) in [4.78, 5) is 11.1. The summed E-state index contributed by atoms with van der Waals surface area (Å²) < 4.78 is 0. The van der Waals surface area contributed by atoms with Crippen LogP contribution < -0.4 is 5.73 Å². The lowest BCUT2D eigenvalue weighted by Crippen LogP contribution is -2.14. The minimum absolute atomic E-state index is 0.240. The van der Waals surface area contributed by atoms with Crippen LogP contribution in [0.5, 0.6) is 0 Å². The fourth-order valence-electron chi connectivity index (χ4n) is 1.12. The van der Waals surface area contributed by atoms with E-state index in [-0.39, 0.29) is 6.04 Å². The summed E-state index contributed by atoms with van der Waals surface area (Å²) in [6.45, 7) is 4.09. The molecular formula is C10H21NO. The number of carbonyl (C=O) groups excluding carboxylic acids is 1. The van der Waals surface area contributed by atoms with Crippen molar-refractivity contribution in [2.24, 2.45) is 5.73 Å². The summed E-state index contributed by atoms with van der Waals surface area (Å²) in [5, 5.41) is 0. The smallest absolute Gasteiger partial charge is 0.132 e. The second kappa shape index (κ2) is 7.29. The molecule has 0 aromatic rings. The number of unbranched alkanes of at least 4 members (excludes halogenated alkanes) is 1. The Labute approximate surface area is 75.5 Å². The highest BCUT2D eigenvalue weighted by Crippen LogP contribution is 2.04. The largest absolute Gasteiger partial charge is 0.328 e. The molecule has 0 bridgehead atoms. The summed E-state index contributed by atoms with van der Waals surface area (Å²) >= 11 is 0. The summed E-state index contributed by atoms with van der Waals surface area (Å²) in [5.74, 6) is 0.400. The lowest BCUT2D eigenvalue weighted by Gasteiger charge is -2.03. The van der Waals surface area contributed by atoms with E-state index in [1.54, 1.807) is 0 Å². The van der Waals surface area contributed by atoms with E-state index in [1.807, 2.05) is 6.92 Å². The van der Waals surface area contributed by atoms with Crippen LogP contribution in [0.1, 0.15) is 52.4 Å². The summed E-state index contributed by atoms with van der Waals surface area (Å²) in [5.41, 5.74) is 5.57. The molecule has 0 saturated carbocycles. The molecule has 0 heterocycles. The molecule has 0 aromatic heterocycles. The van der Waals surface area contributed by atoms with E-state index < -0.39 is 0 Å². The number of nitrogens with two attached hydrogens (primary N) is 1. The molecule has 2 heteroatoms. The van der Waals surface area contributed by atoms with Gasteiger partial charge in [-0.2, -0.15) is 0 Å². The fourth-order valence-corrected chi connectivity index (χ4v) is 1.12. The Kier molecular flexibility index (Phi) is 7.06. The van der Waals surface area contributed by atoms with Gasteiger partial charge in [0.15, 0.2) is 0 Å².